The fourth-order valence-corrected chi connectivity index (χ4v) is 1.69. The van der Waals surface area contributed by atoms with E-state index in [0.717, 1.165) is 5.56 Å². The van der Waals surface area contributed by atoms with Gasteiger partial charge < -0.3 is 4.74 Å². The zero-order valence-electron chi connectivity index (χ0n) is 9.69. The third-order valence-electron chi connectivity index (χ3n) is 2.47. The molecule has 0 bridgehead atoms. The maximum atomic E-state index is 13.4. The predicted molar refractivity (Wildman–Crippen MR) is 72.9 cm³/mol. The van der Waals surface area contributed by atoms with E-state index in [-0.39, 0.29) is 5.75 Å². The van der Waals surface area contributed by atoms with Gasteiger partial charge in [0.2, 0.25) is 4.84 Å². The van der Waals surface area contributed by atoms with Gasteiger partial charge in [0.25, 0.3) is 0 Å². The molecule has 0 radical (unpaired) electrons. The number of hydrogen-bond donors (Lipinski definition) is 0. The first kappa shape index (κ1) is 14.1. The summed E-state index contributed by atoms with van der Waals surface area (Å²) in [6.45, 7) is 0. The molecule has 0 aromatic heterocycles. The smallest absolute Gasteiger partial charge is 0.428 e. The lowest BCUT2D eigenvalue weighted by atomic mass is 10.1. The summed E-state index contributed by atoms with van der Waals surface area (Å²) in [4.78, 5) is -1.93. The Labute approximate surface area is 119 Å². The van der Waals surface area contributed by atoms with Crippen molar-refractivity contribution in [2.24, 2.45) is 0 Å². The van der Waals surface area contributed by atoms with E-state index in [1.807, 2.05) is 18.2 Å². The van der Waals surface area contributed by atoms with Crippen LogP contribution in [0.1, 0.15) is 0 Å². The molecule has 0 aliphatic heterocycles. The fourth-order valence-electron chi connectivity index (χ4n) is 1.60. The van der Waals surface area contributed by atoms with Crippen LogP contribution in [0.3, 0.4) is 0 Å². The minimum atomic E-state index is -3.64. The van der Waals surface area contributed by atoms with Gasteiger partial charge in [-0.05, 0) is 11.6 Å². The summed E-state index contributed by atoms with van der Waals surface area (Å²) in [6, 6.07) is 15.6. The van der Waals surface area contributed by atoms with Crippen LogP contribution in [0.15, 0.2) is 54.6 Å². The van der Waals surface area contributed by atoms with Gasteiger partial charge in [0.1, 0.15) is 5.75 Å². The Hall–Kier alpha value is -1.32. The quantitative estimate of drug-likeness (QED) is 0.712. The topological polar surface area (TPSA) is 9.23 Å². The van der Waals surface area contributed by atoms with Gasteiger partial charge in [-0.1, -0.05) is 71.7 Å². The first-order valence-corrected chi connectivity index (χ1v) is 6.37. The number of halogens is 4. The predicted octanol–water partition coefficient (Wildman–Crippen LogP) is 5.13. The molecule has 0 N–H and O–H groups in total. The second-order valence-electron chi connectivity index (χ2n) is 3.83. The maximum Gasteiger partial charge on any atom is 0.428 e. The van der Waals surface area contributed by atoms with E-state index < -0.39 is 10.9 Å². The highest BCUT2D eigenvalue weighted by Gasteiger charge is 2.40. The Morgan fingerprint density at radius 3 is 2.11 bits per heavy atom. The van der Waals surface area contributed by atoms with Crippen LogP contribution in [0.2, 0.25) is 0 Å². The van der Waals surface area contributed by atoms with E-state index in [9.17, 15) is 8.78 Å². The Morgan fingerprint density at radius 1 is 0.895 bits per heavy atom. The number of rotatable bonds is 4. The molecule has 0 atom stereocenters. The van der Waals surface area contributed by atoms with E-state index in [2.05, 4.69) is 4.74 Å². The molecule has 100 valence electrons. The van der Waals surface area contributed by atoms with Crippen LogP contribution in [0.5, 0.6) is 5.75 Å². The summed E-state index contributed by atoms with van der Waals surface area (Å²) >= 11 is 10.4. The van der Waals surface area contributed by atoms with Crippen molar-refractivity contribution in [1.82, 2.24) is 0 Å². The fraction of sp³-hybridized carbons (Fsp3) is 0.143. The molecule has 0 heterocycles. The van der Waals surface area contributed by atoms with Gasteiger partial charge in [0.05, 0.1) is 0 Å². The van der Waals surface area contributed by atoms with Gasteiger partial charge in [-0.25, -0.2) is 0 Å². The zero-order valence-corrected chi connectivity index (χ0v) is 11.2. The van der Waals surface area contributed by atoms with Gasteiger partial charge in [-0.15, -0.1) is 0 Å². The van der Waals surface area contributed by atoms with Gasteiger partial charge >= 0.3 is 6.11 Å². The molecule has 0 amide bonds. The third kappa shape index (κ3) is 3.37. The molecular formula is C14H10Cl2F2O. The summed E-state index contributed by atoms with van der Waals surface area (Å²) in [6.07, 6.45) is -3.64. The van der Waals surface area contributed by atoms with Gasteiger partial charge in [-0.2, -0.15) is 8.78 Å². The molecule has 2 aromatic carbocycles. The van der Waals surface area contributed by atoms with E-state index >= 15 is 0 Å². The molecule has 0 spiro atoms. The molecule has 5 heteroatoms. The number of hydrogen-bond acceptors (Lipinski definition) is 1. The van der Waals surface area contributed by atoms with Crippen molar-refractivity contribution in [3.63, 3.8) is 0 Å². The van der Waals surface area contributed by atoms with Crippen molar-refractivity contribution in [2.75, 3.05) is 0 Å². The third-order valence-corrected chi connectivity index (χ3v) is 2.98. The normalized spacial score (nSPS) is 11.6. The van der Waals surface area contributed by atoms with Crippen molar-refractivity contribution >= 4 is 23.2 Å². The van der Waals surface area contributed by atoms with E-state index in [0.29, 0.717) is 5.56 Å². The second kappa shape index (κ2) is 5.76. The Balaban J connectivity index is 2.38. The molecule has 2 rings (SSSR count). The highest BCUT2D eigenvalue weighted by Crippen LogP contribution is 2.36. The molecule has 0 aliphatic rings. The van der Waals surface area contributed by atoms with Gasteiger partial charge in [-0.3, -0.25) is 0 Å². The lowest BCUT2D eigenvalue weighted by Gasteiger charge is -2.20. The zero-order chi connectivity index (χ0) is 13.9. The average Bonchev–Trinajstić information content (AvgIpc) is 2.40. The van der Waals surface area contributed by atoms with Crippen LogP contribution in [-0.2, 0) is 0 Å². The van der Waals surface area contributed by atoms with Crippen LogP contribution >= 0.6 is 23.2 Å². The van der Waals surface area contributed by atoms with Crippen LogP contribution in [0, 0.1) is 0 Å². The summed E-state index contributed by atoms with van der Waals surface area (Å²) in [5.74, 6) is 0.0324. The largest absolute Gasteiger partial charge is 0.430 e. The summed E-state index contributed by atoms with van der Waals surface area (Å²) in [7, 11) is 0. The van der Waals surface area contributed by atoms with Crippen molar-refractivity contribution < 1.29 is 13.5 Å². The van der Waals surface area contributed by atoms with Crippen molar-refractivity contribution in [3.05, 3.63) is 54.6 Å². The van der Waals surface area contributed by atoms with Crippen LogP contribution < -0.4 is 4.74 Å². The molecule has 2 aromatic rings. The molecule has 0 fully saturated rings. The van der Waals surface area contributed by atoms with Gasteiger partial charge in [0, 0.05) is 5.56 Å². The number of alkyl halides is 4. The lowest BCUT2D eigenvalue weighted by Crippen LogP contribution is -2.32. The first-order valence-electron chi connectivity index (χ1n) is 5.50. The lowest BCUT2D eigenvalue weighted by molar-refractivity contribution is -0.163. The molecule has 19 heavy (non-hydrogen) atoms. The molecule has 0 saturated heterocycles. The first-order chi connectivity index (χ1) is 9.00. The standard InChI is InChI=1S/C14H10Cl2F2O/c15-13(16)14(17,18)19-12-9-5-4-8-11(12)10-6-2-1-3-7-10/h1-9,13H. The summed E-state index contributed by atoms with van der Waals surface area (Å²) < 4.78 is 31.5. The van der Waals surface area contributed by atoms with Crippen molar-refractivity contribution in [3.8, 4) is 16.9 Å². The van der Waals surface area contributed by atoms with E-state index in [1.54, 1.807) is 30.3 Å². The van der Waals surface area contributed by atoms with Crippen molar-refractivity contribution in [2.45, 2.75) is 10.9 Å². The molecular weight excluding hydrogens is 293 g/mol. The average molecular weight is 303 g/mol. The van der Waals surface area contributed by atoms with E-state index in [1.165, 1.54) is 6.07 Å². The van der Waals surface area contributed by atoms with Crippen LogP contribution in [0.4, 0.5) is 8.78 Å². The van der Waals surface area contributed by atoms with E-state index in [4.69, 9.17) is 23.2 Å². The number of para-hydroxylation sites is 1. The SMILES string of the molecule is FC(F)(Oc1ccccc1-c1ccccc1)C(Cl)Cl. The number of ether oxygens (including phenoxy) is 1. The van der Waals surface area contributed by atoms with Crippen LogP contribution in [0.25, 0.3) is 11.1 Å². The Kier molecular flexibility index (Phi) is 4.27. The molecule has 1 nitrogen and oxygen atoms in total. The summed E-state index contributed by atoms with van der Waals surface area (Å²) in [5, 5.41) is 0. The number of benzene rings is 2. The Bertz CT molecular complexity index is 544. The minimum Gasteiger partial charge on any atom is -0.430 e. The monoisotopic (exact) mass is 302 g/mol. The van der Waals surface area contributed by atoms with Crippen molar-refractivity contribution in [1.29, 1.82) is 0 Å². The minimum absolute atomic E-state index is 0.0324. The molecule has 0 saturated carbocycles. The highest BCUT2D eigenvalue weighted by atomic mass is 35.5. The second-order valence-corrected chi connectivity index (χ2v) is 4.92. The molecule has 0 unspecified atom stereocenters. The maximum absolute atomic E-state index is 13.4. The van der Waals surface area contributed by atoms with Gasteiger partial charge in [0.15, 0.2) is 0 Å². The summed E-state index contributed by atoms with van der Waals surface area (Å²) in [5.41, 5.74) is 1.33. The molecule has 0 aliphatic carbocycles. The highest BCUT2D eigenvalue weighted by molar-refractivity contribution is 6.44. The van der Waals surface area contributed by atoms with Crippen LogP contribution in [-0.4, -0.2) is 10.9 Å². The Morgan fingerprint density at radius 2 is 1.47 bits per heavy atom.